The second-order valence-electron chi connectivity index (χ2n) is 5.35. The number of halogens is 1. The van der Waals surface area contributed by atoms with Crippen LogP contribution in [0.4, 0.5) is 4.39 Å². The van der Waals surface area contributed by atoms with Gasteiger partial charge in [0.1, 0.15) is 17.1 Å². The number of nitrogens with two attached hydrogens (primary N) is 1. The van der Waals surface area contributed by atoms with Crippen LogP contribution in [-0.4, -0.2) is 28.6 Å². The predicted octanol–water partition coefficient (Wildman–Crippen LogP) is 2.10. The molecule has 0 aliphatic heterocycles. The van der Waals surface area contributed by atoms with Crippen LogP contribution >= 0.6 is 0 Å². The molecule has 0 unspecified atom stereocenters. The van der Waals surface area contributed by atoms with Crippen LogP contribution in [0.15, 0.2) is 53.1 Å². The molecular weight excluding hydrogens is 357 g/mol. The molecule has 0 saturated carbocycles. The molecule has 0 fully saturated rings. The van der Waals surface area contributed by atoms with Crippen LogP contribution in [0.2, 0.25) is 0 Å². The van der Waals surface area contributed by atoms with Gasteiger partial charge in [-0.3, -0.25) is 4.79 Å². The van der Waals surface area contributed by atoms with Crippen molar-refractivity contribution in [2.75, 3.05) is 6.61 Å². The fraction of sp³-hybridized carbons (Fsp3) is 0.111. The summed E-state index contributed by atoms with van der Waals surface area (Å²) < 4.78 is 28.4. The number of benzene rings is 2. The highest BCUT2D eigenvalue weighted by Gasteiger charge is 2.16. The lowest BCUT2D eigenvalue weighted by Gasteiger charge is -2.09. The van der Waals surface area contributed by atoms with Gasteiger partial charge in [-0.25, -0.2) is 9.18 Å². The Morgan fingerprint density at radius 1 is 1.11 bits per heavy atom. The highest BCUT2D eigenvalue weighted by molar-refractivity contribution is 5.92. The van der Waals surface area contributed by atoms with E-state index >= 15 is 0 Å². The van der Waals surface area contributed by atoms with Crippen molar-refractivity contribution in [3.63, 3.8) is 0 Å². The largest absolute Gasteiger partial charge is 0.483 e. The van der Waals surface area contributed by atoms with Gasteiger partial charge >= 0.3 is 5.97 Å². The van der Waals surface area contributed by atoms with Crippen LogP contribution in [0.5, 0.6) is 5.75 Å². The number of rotatable bonds is 7. The van der Waals surface area contributed by atoms with E-state index in [4.69, 9.17) is 19.7 Å². The molecule has 0 saturated heterocycles. The zero-order valence-electron chi connectivity index (χ0n) is 13.9. The minimum absolute atomic E-state index is 0.126. The number of para-hydroxylation sites is 1. The summed E-state index contributed by atoms with van der Waals surface area (Å²) in [6.45, 7) is -0.607. The molecule has 3 rings (SSSR count). The maximum atomic E-state index is 13.0. The second-order valence-corrected chi connectivity index (χ2v) is 5.35. The Morgan fingerprint density at radius 3 is 2.59 bits per heavy atom. The van der Waals surface area contributed by atoms with E-state index in [1.54, 1.807) is 12.1 Å². The first-order valence-corrected chi connectivity index (χ1v) is 7.78. The normalized spacial score (nSPS) is 10.4. The number of hydrogen-bond donors (Lipinski definition) is 1. The Bertz CT molecular complexity index is 956. The Kier molecular flexibility index (Phi) is 5.41. The number of aromatic nitrogens is 2. The fourth-order valence-corrected chi connectivity index (χ4v) is 2.14. The molecule has 2 N–H and O–H groups in total. The van der Waals surface area contributed by atoms with Crippen LogP contribution in [-0.2, 0) is 16.1 Å². The van der Waals surface area contributed by atoms with E-state index in [0.29, 0.717) is 5.56 Å². The average molecular weight is 371 g/mol. The smallest absolute Gasteiger partial charge is 0.342 e. The highest BCUT2D eigenvalue weighted by Crippen LogP contribution is 2.20. The molecule has 27 heavy (non-hydrogen) atoms. The van der Waals surface area contributed by atoms with Gasteiger partial charge in [-0.1, -0.05) is 17.3 Å². The van der Waals surface area contributed by atoms with Gasteiger partial charge in [0.05, 0.1) is 0 Å². The molecule has 0 bridgehead atoms. The lowest BCUT2D eigenvalue weighted by molar-refractivity contribution is -0.119. The van der Waals surface area contributed by atoms with Crippen molar-refractivity contribution in [1.29, 1.82) is 0 Å². The van der Waals surface area contributed by atoms with Gasteiger partial charge in [0, 0.05) is 5.56 Å². The molecule has 0 aliphatic carbocycles. The third-order valence-corrected chi connectivity index (χ3v) is 3.37. The molecule has 0 spiro atoms. The van der Waals surface area contributed by atoms with E-state index < -0.39 is 11.9 Å². The lowest BCUT2D eigenvalue weighted by atomic mass is 10.2. The Hall–Kier alpha value is -3.75. The maximum absolute atomic E-state index is 13.0. The minimum atomic E-state index is -0.691. The van der Waals surface area contributed by atoms with E-state index in [-0.39, 0.29) is 42.1 Å². The molecule has 8 nitrogen and oxygen atoms in total. The van der Waals surface area contributed by atoms with Gasteiger partial charge in [0.25, 0.3) is 11.8 Å². The summed E-state index contributed by atoms with van der Waals surface area (Å²) in [6.07, 6.45) is 0. The number of ether oxygens (including phenoxy) is 2. The molecule has 138 valence electrons. The van der Waals surface area contributed by atoms with Gasteiger partial charge in [-0.05, 0) is 36.4 Å². The Balaban J connectivity index is 1.65. The molecular formula is C18H14FN3O5. The quantitative estimate of drug-likeness (QED) is 0.632. The number of primary amides is 1. The fourth-order valence-electron chi connectivity index (χ4n) is 2.14. The molecule has 1 aromatic heterocycles. The molecule has 3 aromatic rings. The molecule has 1 heterocycles. The minimum Gasteiger partial charge on any atom is -0.483 e. The number of hydrogen-bond acceptors (Lipinski definition) is 7. The van der Waals surface area contributed by atoms with Gasteiger partial charge in [-0.15, -0.1) is 0 Å². The first kappa shape index (κ1) is 18.1. The van der Waals surface area contributed by atoms with E-state index in [9.17, 15) is 14.0 Å². The number of esters is 1. The molecule has 9 heteroatoms. The first-order chi connectivity index (χ1) is 13.0. The Labute approximate surface area is 152 Å². The van der Waals surface area contributed by atoms with Crippen LogP contribution in [0, 0.1) is 5.82 Å². The summed E-state index contributed by atoms with van der Waals surface area (Å²) in [6, 6.07) is 11.8. The van der Waals surface area contributed by atoms with Gasteiger partial charge in [-0.2, -0.15) is 4.98 Å². The van der Waals surface area contributed by atoms with E-state index in [0.717, 1.165) is 0 Å². The average Bonchev–Trinajstić information content (AvgIpc) is 3.14. The molecule has 0 radical (unpaired) electrons. The van der Waals surface area contributed by atoms with Crippen LogP contribution in [0.1, 0.15) is 16.2 Å². The summed E-state index contributed by atoms with van der Waals surface area (Å²) in [7, 11) is 0. The van der Waals surface area contributed by atoms with Gasteiger partial charge in [0.2, 0.25) is 5.82 Å². The topological polar surface area (TPSA) is 118 Å². The van der Waals surface area contributed by atoms with Crippen molar-refractivity contribution in [3.8, 4) is 17.2 Å². The molecule has 0 aliphatic rings. The van der Waals surface area contributed by atoms with Crippen molar-refractivity contribution in [1.82, 2.24) is 10.1 Å². The third kappa shape index (κ3) is 4.66. The summed E-state index contributed by atoms with van der Waals surface area (Å²) >= 11 is 0. The van der Waals surface area contributed by atoms with Crippen molar-refractivity contribution >= 4 is 11.9 Å². The molecule has 0 atom stereocenters. The number of nitrogens with zero attached hydrogens (tertiary/aromatic N) is 2. The zero-order chi connectivity index (χ0) is 19.2. The van der Waals surface area contributed by atoms with Gasteiger partial charge < -0.3 is 19.7 Å². The van der Waals surface area contributed by atoms with Crippen molar-refractivity contribution in [2.24, 2.45) is 5.73 Å². The standard InChI is InChI=1S/C18H14FN3O5/c19-12-7-5-11(6-8-12)17-21-16(22-27-17)10-26-18(24)13-3-1-2-4-14(13)25-9-15(20)23/h1-8H,9-10H2,(H2,20,23). The molecule has 1 amide bonds. The van der Waals surface area contributed by atoms with Crippen LogP contribution in [0.25, 0.3) is 11.5 Å². The zero-order valence-corrected chi connectivity index (χ0v) is 13.9. The van der Waals surface area contributed by atoms with E-state index in [2.05, 4.69) is 10.1 Å². The second kappa shape index (κ2) is 8.09. The number of carbonyl (C=O) groups is 2. The summed E-state index contributed by atoms with van der Waals surface area (Å²) in [5.74, 6) is -1.27. The third-order valence-electron chi connectivity index (χ3n) is 3.37. The Morgan fingerprint density at radius 2 is 1.85 bits per heavy atom. The van der Waals surface area contributed by atoms with Crippen molar-refractivity contribution < 1.29 is 28.0 Å². The molecule has 2 aromatic carbocycles. The maximum Gasteiger partial charge on any atom is 0.342 e. The number of carbonyl (C=O) groups excluding carboxylic acids is 2. The van der Waals surface area contributed by atoms with Crippen molar-refractivity contribution in [3.05, 3.63) is 65.7 Å². The first-order valence-electron chi connectivity index (χ1n) is 7.78. The summed E-state index contributed by atoms with van der Waals surface area (Å²) in [4.78, 5) is 27.2. The van der Waals surface area contributed by atoms with Gasteiger partial charge in [0.15, 0.2) is 13.2 Å². The van der Waals surface area contributed by atoms with Crippen LogP contribution in [0.3, 0.4) is 0 Å². The SMILES string of the molecule is NC(=O)COc1ccccc1C(=O)OCc1noc(-c2ccc(F)cc2)n1. The van der Waals surface area contributed by atoms with E-state index in [1.807, 2.05) is 0 Å². The summed E-state index contributed by atoms with van der Waals surface area (Å²) in [5, 5.41) is 3.71. The highest BCUT2D eigenvalue weighted by atomic mass is 19.1. The lowest BCUT2D eigenvalue weighted by Crippen LogP contribution is -2.21. The number of amides is 1. The van der Waals surface area contributed by atoms with E-state index in [1.165, 1.54) is 36.4 Å². The summed E-state index contributed by atoms with van der Waals surface area (Å²) in [5.41, 5.74) is 5.69. The monoisotopic (exact) mass is 371 g/mol. The van der Waals surface area contributed by atoms with Crippen LogP contribution < -0.4 is 10.5 Å². The van der Waals surface area contributed by atoms with Crippen molar-refractivity contribution in [2.45, 2.75) is 6.61 Å². The predicted molar refractivity (Wildman–Crippen MR) is 89.9 cm³/mol.